The normalized spacial score (nSPS) is 21.5. The first-order chi connectivity index (χ1) is 13.5. The fourth-order valence-corrected chi connectivity index (χ4v) is 2.93. The Morgan fingerprint density at radius 1 is 1.31 bits per heavy atom. The molecule has 0 bridgehead atoms. The quantitative estimate of drug-likeness (QED) is 0.486. The molecule has 0 aromatic rings. The Balaban J connectivity index is 1.80. The summed E-state index contributed by atoms with van der Waals surface area (Å²) in [7, 11) is 0. The molecule has 2 aliphatic rings. The number of piperazine rings is 1. The summed E-state index contributed by atoms with van der Waals surface area (Å²) in [6.45, 7) is 2.76. The zero-order chi connectivity index (χ0) is 21.8. The number of amidine groups is 1. The molecule has 1 fully saturated rings. The Bertz CT molecular complexity index is 732. The third kappa shape index (κ3) is 6.24. The van der Waals surface area contributed by atoms with E-state index >= 15 is 0 Å². The Labute approximate surface area is 163 Å². The third-order valence-electron chi connectivity index (χ3n) is 4.37. The zero-order valence-corrected chi connectivity index (χ0v) is 15.4. The maximum Gasteiger partial charge on any atom is 0.428 e. The van der Waals surface area contributed by atoms with Crippen LogP contribution in [0.5, 0.6) is 0 Å². The summed E-state index contributed by atoms with van der Waals surface area (Å²) >= 11 is 0. The number of nitrogens with zero attached hydrogens (tertiary/aromatic N) is 3. The van der Waals surface area contributed by atoms with Gasteiger partial charge >= 0.3 is 6.18 Å². The van der Waals surface area contributed by atoms with E-state index in [4.69, 9.17) is 5.73 Å². The average molecular weight is 425 g/mol. The molecule has 0 spiro atoms. The lowest BCUT2D eigenvalue weighted by atomic mass is 10.1. The van der Waals surface area contributed by atoms with Crippen molar-refractivity contribution in [3.8, 4) is 0 Å². The molecule has 1 saturated heterocycles. The lowest BCUT2D eigenvalue weighted by Gasteiger charge is -2.37. The molecule has 2 heterocycles. The first-order valence-electron chi connectivity index (χ1n) is 8.75. The zero-order valence-electron chi connectivity index (χ0n) is 15.4. The first-order valence-corrected chi connectivity index (χ1v) is 8.75. The fourth-order valence-electron chi connectivity index (χ4n) is 2.93. The first kappa shape index (κ1) is 22.8. The molecule has 3 N–H and O–H groups in total. The van der Waals surface area contributed by atoms with Crippen LogP contribution in [0.2, 0.25) is 0 Å². The molecule has 29 heavy (non-hydrogen) atoms. The molecule has 0 aromatic carbocycles. The number of fused-ring (bicyclic) bond motifs is 1. The molecule has 0 saturated carbocycles. The Morgan fingerprint density at radius 2 is 2.00 bits per heavy atom. The van der Waals surface area contributed by atoms with Gasteiger partial charge in [-0.3, -0.25) is 10.2 Å². The van der Waals surface area contributed by atoms with E-state index in [1.165, 1.54) is 4.90 Å². The number of hydrogen-bond donors (Lipinski definition) is 2. The monoisotopic (exact) mass is 425 g/mol. The SMILES string of the molecule is C=C(F)/C=C(F)\C(F)=C/CC[C@@H](N)CC(=O)N1CCN2C(=NN[C@H]2C(F)(F)F)C1. The molecule has 1 amide bonds. The van der Waals surface area contributed by atoms with E-state index in [0.717, 1.165) is 11.0 Å². The molecule has 0 unspecified atom stereocenters. The fraction of sp³-hybridized carbons (Fsp3) is 0.529. The van der Waals surface area contributed by atoms with Gasteiger partial charge in [0.1, 0.15) is 11.7 Å². The van der Waals surface area contributed by atoms with Gasteiger partial charge in [-0.05, 0) is 18.9 Å². The van der Waals surface area contributed by atoms with Crippen LogP contribution in [-0.4, -0.2) is 59.6 Å². The molecule has 12 heteroatoms. The second-order valence-electron chi connectivity index (χ2n) is 6.64. The third-order valence-corrected chi connectivity index (χ3v) is 4.37. The number of carbonyl (C=O) groups excluding carboxylic acids is 1. The van der Waals surface area contributed by atoms with Gasteiger partial charge < -0.3 is 15.5 Å². The van der Waals surface area contributed by atoms with Gasteiger partial charge in [0.15, 0.2) is 11.7 Å². The maximum atomic E-state index is 13.4. The van der Waals surface area contributed by atoms with Crippen molar-refractivity contribution in [2.75, 3.05) is 19.6 Å². The number of hydrazone groups is 1. The Kier molecular flexibility index (Phi) is 7.33. The summed E-state index contributed by atoms with van der Waals surface area (Å²) in [6.07, 6.45) is -5.15. The molecule has 2 rings (SSSR count). The summed E-state index contributed by atoms with van der Waals surface area (Å²) in [5.41, 5.74) is 7.85. The number of allylic oxidation sites excluding steroid dienone is 5. The summed E-state index contributed by atoms with van der Waals surface area (Å²) in [6, 6.07) is -0.667. The Hall–Kier alpha value is -2.50. The van der Waals surface area contributed by atoms with Gasteiger partial charge in [-0.2, -0.15) is 18.3 Å². The van der Waals surface area contributed by atoms with E-state index in [1.54, 1.807) is 0 Å². The van der Waals surface area contributed by atoms with Crippen molar-refractivity contribution in [2.45, 2.75) is 37.6 Å². The van der Waals surface area contributed by atoms with Crippen LogP contribution < -0.4 is 11.2 Å². The molecule has 0 aromatic heterocycles. The molecular formula is C17H21F6N5O. The van der Waals surface area contributed by atoms with Gasteiger partial charge in [-0.25, -0.2) is 13.2 Å². The summed E-state index contributed by atoms with van der Waals surface area (Å²) in [4.78, 5) is 14.7. The van der Waals surface area contributed by atoms with Gasteiger partial charge in [-0.1, -0.05) is 6.58 Å². The van der Waals surface area contributed by atoms with E-state index < -0.39 is 35.9 Å². The van der Waals surface area contributed by atoms with Crippen LogP contribution in [-0.2, 0) is 4.79 Å². The van der Waals surface area contributed by atoms with Crippen LogP contribution in [0.1, 0.15) is 19.3 Å². The molecule has 0 aliphatic carbocycles. The summed E-state index contributed by atoms with van der Waals surface area (Å²) < 4.78 is 77.6. The van der Waals surface area contributed by atoms with Crippen molar-refractivity contribution in [3.63, 3.8) is 0 Å². The lowest BCUT2D eigenvalue weighted by molar-refractivity contribution is -0.179. The number of rotatable bonds is 7. The highest BCUT2D eigenvalue weighted by molar-refractivity contribution is 5.90. The number of nitrogens with two attached hydrogens (primary N) is 1. The van der Waals surface area contributed by atoms with E-state index in [1.807, 2.05) is 5.43 Å². The number of hydrogen-bond acceptors (Lipinski definition) is 5. The van der Waals surface area contributed by atoms with Crippen molar-refractivity contribution in [3.05, 3.63) is 36.2 Å². The number of carbonyl (C=O) groups is 1. The highest BCUT2D eigenvalue weighted by Crippen LogP contribution is 2.27. The summed E-state index contributed by atoms with van der Waals surface area (Å²) in [5.74, 6) is -4.05. The number of alkyl halides is 3. The Morgan fingerprint density at radius 3 is 2.62 bits per heavy atom. The van der Waals surface area contributed by atoms with Gasteiger partial charge in [0, 0.05) is 31.6 Å². The highest BCUT2D eigenvalue weighted by atomic mass is 19.4. The van der Waals surface area contributed by atoms with Crippen LogP contribution >= 0.6 is 0 Å². The standard InChI is InChI=1S/C17H21F6N5O/c1-10(18)7-13(20)12(19)4-2-3-11(24)8-15(29)27-5-6-28-14(9-27)25-26-16(28)17(21,22)23/h4,7,11,16,26H,1-3,5-6,8-9,24H2/b12-4+,13-7+/t11-,16-/m1/s1. The molecule has 162 valence electrons. The van der Waals surface area contributed by atoms with Crippen molar-refractivity contribution in [1.29, 1.82) is 0 Å². The minimum atomic E-state index is -4.49. The second-order valence-corrected chi connectivity index (χ2v) is 6.64. The van der Waals surface area contributed by atoms with Gasteiger partial charge in [0.2, 0.25) is 12.1 Å². The molecule has 2 aliphatic heterocycles. The molecule has 0 radical (unpaired) electrons. The topological polar surface area (TPSA) is 74.0 Å². The molecule has 6 nitrogen and oxygen atoms in total. The van der Waals surface area contributed by atoms with Crippen LogP contribution in [0.25, 0.3) is 0 Å². The minimum absolute atomic E-state index is 0.0119. The van der Waals surface area contributed by atoms with Crippen molar-refractivity contribution >= 4 is 11.7 Å². The number of nitrogens with one attached hydrogen (secondary N) is 1. The van der Waals surface area contributed by atoms with Crippen LogP contribution in [0.4, 0.5) is 26.3 Å². The number of amides is 1. The maximum absolute atomic E-state index is 13.4. The minimum Gasteiger partial charge on any atom is -0.333 e. The summed E-state index contributed by atoms with van der Waals surface area (Å²) in [5, 5.41) is 3.65. The number of halogens is 6. The average Bonchev–Trinajstić information content (AvgIpc) is 3.04. The van der Waals surface area contributed by atoms with E-state index in [9.17, 15) is 31.1 Å². The smallest absolute Gasteiger partial charge is 0.333 e. The van der Waals surface area contributed by atoms with E-state index in [0.29, 0.717) is 6.08 Å². The molecule has 2 atom stereocenters. The predicted octanol–water partition coefficient (Wildman–Crippen LogP) is 2.62. The van der Waals surface area contributed by atoms with Crippen LogP contribution in [0.15, 0.2) is 41.3 Å². The second kappa shape index (κ2) is 9.33. The van der Waals surface area contributed by atoms with Gasteiger partial charge in [-0.15, -0.1) is 0 Å². The van der Waals surface area contributed by atoms with E-state index in [-0.39, 0.29) is 50.6 Å². The molecular weight excluding hydrogens is 404 g/mol. The van der Waals surface area contributed by atoms with Crippen molar-refractivity contribution < 1.29 is 31.1 Å². The van der Waals surface area contributed by atoms with Crippen LogP contribution in [0, 0.1) is 0 Å². The lowest BCUT2D eigenvalue weighted by Crippen LogP contribution is -2.58. The van der Waals surface area contributed by atoms with Crippen LogP contribution in [0.3, 0.4) is 0 Å². The van der Waals surface area contributed by atoms with Crippen molar-refractivity contribution in [2.24, 2.45) is 10.8 Å². The van der Waals surface area contributed by atoms with Gasteiger partial charge in [0.25, 0.3) is 0 Å². The highest BCUT2D eigenvalue weighted by Gasteiger charge is 2.49. The predicted molar refractivity (Wildman–Crippen MR) is 94.2 cm³/mol. The van der Waals surface area contributed by atoms with Crippen molar-refractivity contribution in [1.82, 2.24) is 15.2 Å². The van der Waals surface area contributed by atoms with E-state index in [2.05, 4.69) is 11.7 Å². The van der Waals surface area contributed by atoms with Gasteiger partial charge in [0.05, 0.1) is 6.54 Å². The largest absolute Gasteiger partial charge is 0.428 e.